The zero-order valence-corrected chi connectivity index (χ0v) is 17.8. The SMILES string of the molecule is CC(C)c1ccc(Cc2ccc(C(=O)O)c(OCc3cccc4ccccc34)c2)cc1. The Morgan fingerprint density at radius 3 is 2.32 bits per heavy atom. The van der Waals surface area contributed by atoms with Crippen LogP contribution < -0.4 is 4.74 Å². The van der Waals surface area contributed by atoms with Crippen molar-refractivity contribution in [2.75, 3.05) is 0 Å². The third kappa shape index (κ3) is 4.77. The van der Waals surface area contributed by atoms with Crippen LogP contribution in [0.5, 0.6) is 5.75 Å². The quantitative estimate of drug-likeness (QED) is 0.363. The first-order valence-electron chi connectivity index (χ1n) is 10.6. The summed E-state index contributed by atoms with van der Waals surface area (Å²) in [4.78, 5) is 11.7. The van der Waals surface area contributed by atoms with Gasteiger partial charge in [0.15, 0.2) is 0 Å². The lowest BCUT2D eigenvalue weighted by Gasteiger charge is -2.13. The van der Waals surface area contributed by atoms with Crippen molar-refractivity contribution < 1.29 is 14.6 Å². The van der Waals surface area contributed by atoms with E-state index in [1.54, 1.807) is 6.07 Å². The van der Waals surface area contributed by atoms with Crippen LogP contribution in [0.3, 0.4) is 0 Å². The molecule has 0 spiro atoms. The van der Waals surface area contributed by atoms with E-state index in [1.165, 1.54) is 11.1 Å². The van der Waals surface area contributed by atoms with Crippen LogP contribution >= 0.6 is 0 Å². The minimum atomic E-state index is -0.985. The maximum atomic E-state index is 11.7. The highest BCUT2D eigenvalue weighted by atomic mass is 16.5. The molecule has 31 heavy (non-hydrogen) atoms. The molecule has 1 N–H and O–H groups in total. The summed E-state index contributed by atoms with van der Waals surface area (Å²) in [6, 6.07) is 28.1. The van der Waals surface area contributed by atoms with Gasteiger partial charge in [-0.05, 0) is 57.5 Å². The van der Waals surface area contributed by atoms with Crippen LogP contribution in [0.1, 0.15) is 52.4 Å². The summed E-state index contributed by atoms with van der Waals surface area (Å²) in [7, 11) is 0. The molecule has 0 amide bonds. The molecule has 4 rings (SSSR count). The van der Waals surface area contributed by atoms with Gasteiger partial charge in [-0.1, -0.05) is 86.6 Å². The Morgan fingerprint density at radius 2 is 1.58 bits per heavy atom. The van der Waals surface area contributed by atoms with Crippen molar-refractivity contribution in [2.45, 2.75) is 32.8 Å². The van der Waals surface area contributed by atoms with E-state index in [2.05, 4.69) is 56.3 Å². The second kappa shape index (κ2) is 9.05. The van der Waals surface area contributed by atoms with Crippen LogP contribution in [0.15, 0.2) is 84.9 Å². The van der Waals surface area contributed by atoms with Gasteiger partial charge in [-0.25, -0.2) is 4.79 Å². The molecule has 4 aromatic rings. The second-order valence-electron chi connectivity index (χ2n) is 8.14. The molecule has 0 atom stereocenters. The number of rotatable bonds is 7. The number of fused-ring (bicyclic) bond motifs is 1. The first kappa shape index (κ1) is 20.7. The minimum Gasteiger partial charge on any atom is -0.488 e. The van der Waals surface area contributed by atoms with E-state index in [0.29, 0.717) is 18.3 Å². The molecule has 0 saturated carbocycles. The fourth-order valence-corrected chi connectivity index (χ4v) is 3.80. The fourth-order valence-electron chi connectivity index (χ4n) is 3.80. The van der Waals surface area contributed by atoms with Gasteiger partial charge in [-0.2, -0.15) is 0 Å². The Kier molecular flexibility index (Phi) is 6.03. The van der Waals surface area contributed by atoms with Gasteiger partial charge >= 0.3 is 5.97 Å². The summed E-state index contributed by atoms with van der Waals surface area (Å²) >= 11 is 0. The van der Waals surface area contributed by atoms with E-state index in [1.807, 2.05) is 36.4 Å². The van der Waals surface area contributed by atoms with Gasteiger partial charge in [0.2, 0.25) is 0 Å². The number of hydrogen-bond acceptors (Lipinski definition) is 2. The average Bonchev–Trinajstić information content (AvgIpc) is 2.78. The lowest BCUT2D eigenvalue weighted by atomic mass is 9.98. The van der Waals surface area contributed by atoms with Gasteiger partial charge in [0.25, 0.3) is 0 Å². The zero-order chi connectivity index (χ0) is 21.8. The Morgan fingerprint density at radius 1 is 0.871 bits per heavy atom. The van der Waals surface area contributed by atoms with Gasteiger partial charge in [-0.15, -0.1) is 0 Å². The van der Waals surface area contributed by atoms with Crippen molar-refractivity contribution in [1.82, 2.24) is 0 Å². The number of hydrogen-bond donors (Lipinski definition) is 1. The van der Waals surface area contributed by atoms with E-state index in [9.17, 15) is 9.90 Å². The summed E-state index contributed by atoms with van der Waals surface area (Å²) in [6.07, 6.45) is 0.725. The first-order valence-corrected chi connectivity index (χ1v) is 10.6. The molecule has 0 unspecified atom stereocenters. The summed E-state index contributed by atoms with van der Waals surface area (Å²) < 4.78 is 6.04. The van der Waals surface area contributed by atoms with Gasteiger partial charge in [0, 0.05) is 0 Å². The molecule has 0 aromatic heterocycles. The highest BCUT2D eigenvalue weighted by Crippen LogP contribution is 2.26. The maximum absolute atomic E-state index is 11.7. The van der Waals surface area contributed by atoms with Crippen LogP contribution in [-0.2, 0) is 13.0 Å². The molecule has 0 aliphatic carbocycles. The van der Waals surface area contributed by atoms with E-state index >= 15 is 0 Å². The topological polar surface area (TPSA) is 46.5 Å². The number of benzene rings is 4. The highest BCUT2D eigenvalue weighted by Gasteiger charge is 2.13. The zero-order valence-electron chi connectivity index (χ0n) is 17.8. The molecule has 0 fully saturated rings. The average molecular weight is 411 g/mol. The van der Waals surface area contributed by atoms with Crippen LogP contribution in [0, 0.1) is 0 Å². The van der Waals surface area contributed by atoms with Crippen LogP contribution in [0.25, 0.3) is 10.8 Å². The second-order valence-corrected chi connectivity index (χ2v) is 8.14. The fraction of sp³-hybridized carbons (Fsp3) is 0.179. The third-order valence-corrected chi connectivity index (χ3v) is 5.59. The Labute approximate surface area is 182 Å². The molecule has 0 aliphatic rings. The smallest absolute Gasteiger partial charge is 0.339 e. The molecule has 0 radical (unpaired) electrons. The normalized spacial score (nSPS) is 11.1. The predicted octanol–water partition coefficient (Wildman–Crippen LogP) is 6.83. The van der Waals surface area contributed by atoms with Crippen molar-refractivity contribution in [2.24, 2.45) is 0 Å². The summed E-state index contributed by atoms with van der Waals surface area (Å²) in [6.45, 7) is 4.67. The van der Waals surface area contributed by atoms with E-state index in [4.69, 9.17) is 4.74 Å². The predicted molar refractivity (Wildman–Crippen MR) is 125 cm³/mol. The Bertz CT molecular complexity index is 1200. The lowest BCUT2D eigenvalue weighted by molar-refractivity contribution is 0.0691. The van der Waals surface area contributed by atoms with Crippen molar-refractivity contribution in [3.05, 3.63) is 113 Å². The first-order chi connectivity index (χ1) is 15.0. The number of carboxylic acids is 1. The number of carboxylic acid groups (broad SMARTS) is 1. The molecule has 3 nitrogen and oxygen atoms in total. The van der Waals surface area contributed by atoms with Crippen LogP contribution in [-0.4, -0.2) is 11.1 Å². The van der Waals surface area contributed by atoms with Crippen LogP contribution in [0.2, 0.25) is 0 Å². The van der Waals surface area contributed by atoms with Gasteiger partial charge in [0.05, 0.1) is 0 Å². The molecule has 156 valence electrons. The Balaban J connectivity index is 1.58. The Hall–Kier alpha value is -3.59. The minimum absolute atomic E-state index is 0.180. The van der Waals surface area contributed by atoms with E-state index in [0.717, 1.165) is 28.3 Å². The summed E-state index contributed by atoms with van der Waals surface area (Å²) in [5, 5.41) is 11.9. The molecule has 0 heterocycles. The molecule has 0 bridgehead atoms. The molecular formula is C28H26O3. The van der Waals surface area contributed by atoms with E-state index in [-0.39, 0.29) is 5.56 Å². The summed E-state index contributed by atoms with van der Waals surface area (Å²) in [5.41, 5.74) is 4.73. The molecular weight excluding hydrogens is 384 g/mol. The number of carbonyl (C=O) groups is 1. The standard InChI is InChI=1S/C28H26O3/c1-19(2)22-13-10-20(11-14-22)16-21-12-15-26(28(29)30)27(17-21)31-18-24-8-5-7-23-6-3-4-9-25(23)24/h3-15,17,19H,16,18H2,1-2H3,(H,29,30). The van der Waals surface area contributed by atoms with Gasteiger partial charge in [0.1, 0.15) is 17.9 Å². The molecule has 0 saturated heterocycles. The lowest BCUT2D eigenvalue weighted by Crippen LogP contribution is -2.05. The largest absolute Gasteiger partial charge is 0.488 e. The molecule has 3 heteroatoms. The van der Waals surface area contributed by atoms with Gasteiger partial charge in [-0.3, -0.25) is 0 Å². The maximum Gasteiger partial charge on any atom is 0.339 e. The van der Waals surface area contributed by atoms with Crippen LogP contribution in [0.4, 0.5) is 0 Å². The monoisotopic (exact) mass is 410 g/mol. The number of ether oxygens (including phenoxy) is 1. The highest BCUT2D eigenvalue weighted by molar-refractivity contribution is 5.91. The molecule has 0 aliphatic heterocycles. The van der Waals surface area contributed by atoms with Crippen molar-refractivity contribution >= 4 is 16.7 Å². The molecule has 4 aromatic carbocycles. The summed E-state index contributed by atoms with van der Waals surface area (Å²) in [5.74, 6) is -0.0875. The third-order valence-electron chi connectivity index (χ3n) is 5.59. The van der Waals surface area contributed by atoms with E-state index < -0.39 is 5.97 Å². The van der Waals surface area contributed by atoms with Crippen molar-refractivity contribution in [3.63, 3.8) is 0 Å². The van der Waals surface area contributed by atoms with Crippen molar-refractivity contribution in [1.29, 1.82) is 0 Å². The van der Waals surface area contributed by atoms with Crippen molar-refractivity contribution in [3.8, 4) is 5.75 Å². The van der Waals surface area contributed by atoms with Gasteiger partial charge < -0.3 is 9.84 Å². The number of aromatic carboxylic acids is 1.